The van der Waals surface area contributed by atoms with Crippen molar-refractivity contribution in [1.29, 1.82) is 5.26 Å². The molecule has 4 nitrogen and oxygen atoms in total. The van der Waals surface area contributed by atoms with Gasteiger partial charge in [-0.15, -0.1) is 0 Å². The standard InChI is InChI=1S/C15H18N2O2/c1-19-10-13-6-11(8-16)3-5-15(13)17-14-4-2-12(7-14)9-18/h2-6,12,14,17-18H,7,9-10H2,1H3/t12-,14+/m0/s1. The van der Waals surface area contributed by atoms with Crippen molar-refractivity contribution in [2.45, 2.75) is 19.1 Å². The van der Waals surface area contributed by atoms with Crippen molar-refractivity contribution >= 4 is 5.69 Å². The van der Waals surface area contributed by atoms with Gasteiger partial charge in [-0.1, -0.05) is 12.2 Å². The van der Waals surface area contributed by atoms with Gasteiger partial charge < -0.3 is 15.2 Å². The summed E-state index contributed by atoms with van der Waals surface area (Å²) in [5.41, 5.74) is 2.59. The quantitative estimate of drug-likeness (QED) is 0.793. The minimum absolute atomic E-state index is 0.187. The molecule has 0 bridgehead atoms. The molecule has 0 unspecified atom stereocenters. The van der Waals surface area contributed by atoms with Gasteiger partial charge in [0, 0.05) is 36.9 Å². The minimum Gasteiger partial charge on any atom is -0.396 e. The average Bonchev–Trinajstić information content (AvgIpc) is 2.89. The van der Waals surface area contributed by atoms with Crippen molar-refractivity contribution in [1.82, 2.24) is 0 Å². The topological polar surface area (TPSA) is 65.3 Å². The number of ether oxygens (including phenoxy) is 1. The molecule has 2 rings (SSSR count). The Morgan fingerprint density at radius 3 is 2.95 bits per heavy atom. The van der Waals surface area contributed by atoms with E-state index in [1.807, 2.05) is 18.2 Å². The summed E-state index contributed by atoms with van der Waals surface area (Å²) in [6.45, 7) is 0.657. The first-order valence-corrected chi connectivity index (χ1v) is 6.34. The van der Waals surface area contributed by atoms with E-state index in [0.717, 1.165) is 17.7 Å². The second kappa shape index (κ2) is 6.37. The predicted molar refractivity (Wildman–Crippen MR) is 73.6 cm³/mol. The Morgan fingerprint density at radius 2 is 2.32 bits per heavy atom. The molecule has 0 aliphatic heterocycles. The molecule has 0 amide bonds. The normalized spacial score (nSPS) is 21.3. The van der Waals surface area contributed by atoms with E-state index in [1.165, 1.54) is 0 Å². The Hall–Kier alpha value is -1.83. The van der Waals surface area contributed by atoms with E-state index in [4.69, 9.17) is 15.1 Å². The van der Waals surface area contributed by atoms with Gasteiger partial charge in [0.05, 0.1) is 18.2 Å². The maximum atomic E-state index is 9.12. The number of hydrogen-bond acceptors (Lipinski definition) is 4. The van der Waals surface area contributed by atoms with Gasteiger partial charge in [-0.3, -0.25) is 0 Å². The Balaban J connectivity index is 2.12. The number of nitriles is 1. The highest BCUT2D eigenvalue weighted by Gasteiger charge is 2.18. The molecule has 0 aromatic heterocycles. The van der Waals surface area contributed by atoms with Crippen LogP contribution in [0.2, 0.25) is 0 Å². The zero-order valence-corrected chi connectivity index (χ0v) is 11.0. The first-order valence-electron chi connectivity index (χ1n) is 6.34. The number of nitrogens with zero attached hydrogens (tertiary/aromatic N) is 1. The highest BCUT2D eigenvalue weighted by Crippen LogP contribution is 2.24. The fourth-order valence-corrected chi connectivity index (χ4v) is 2.30. The lowest BCUT2D eigenvalue weighted by atomic mass is 10.1. The summed E-state index contributed by atoms with van der Waals surface area (Å²) in [7, 11) is 1.64. The molecular weight excluding hydrogens is 240 g/mol. The molecule has 1 aliphatic carbocycles. The number of aliphatic hydroxyl groups excluding tert-OH is 1. The highest BCUT2D eigenvalue weighted by molar-refractivity contribution is 5.55. The molecule has 0 saturated heterocycles. The molecule has 1 aromatic carbocycles. The Morgan fingerprint density at radius 1 is 1.47 bits per heavy atom. The summed E-state index contributed by atoms with van der Waals surface area (Å²) in [4.78, 5) is 0. The summed E-state index contributed by atoms with van der Waals surface area (Å²) < 4.78 is 5.17. The molecule has 0 spiro atoms. The number of methoxy groups -OCH3 is 1. The molecule has 4 heteroatoms. The van der Waals surface area contributed by atoms with Gasteiger partial charge in [0.15, 0.2) is 0 Å². The van der Waals surface area contributed by atoms with Crippen LogP contribution < -0.4 is 5.32 Å². The zero-order valence-electron chi connectivity index (χ0n) is 11.0. The summed E-state index contributed by atoms with van der Waals surface area (Å²) >= 11 is 0. The van der Waals surface area contributed by atoms with Crippen LogP contribution in [-0.2, 0) is 11.3 Å². The number of aliphatic hydroxyl groups is 1. The van der Waals surface area contributed by atoms with E-state index in [9.17, 15) is 0 Å². The van der Waals surface area contributed by atoms with E-state index >= 15 is 0 Å². The van der Waals surface area contributed by atoms with Gasteiger partial charge in [0.1, 0.15) is 0 Å². The van der Waals surface area contributed by atoms with Gasteiger partial charge in [0.25, 0.3) is 0 Å². The van der Waals surface area contributed by atoms with E-state index in [0.29, 0.717) is 12.2 Å². The van der Waals surface area contributed by atoms with Crippen LogP contribution in [0, 0.1) is 17.2 Å². The smallest absolute Gasteiger partial charge is 0.0991 e. The van der Waals surface area contributed by atoms with Gasteiger partial charge in [-0.25, -0.2) is 0 Å². The van der Waals surface area contributed by atoms with E-state index in [1.54, 1.807) is 13.2 Å². The SMILES string of the molecule is COCc1cc(C#N)ccc1N[C@@H]1C=C[C@H](CO)C1. The lowest BCUT2D eigenvalue weighted by Crippen LogP contribution is -2.17. The van der Waals surface area contributed by atoms with Crippen LogP contribution in [0.15, 0.2) is 30.4 Å². The number of hydrogen-bond donors (Lipinski definition) is 2. The molecule has 100 valence electrons. The predicted octanol–water partition coefficient (Wildman–Crippen LogP) is 2.05. The third-order valence-electron chi connectivity index (χ3n) is 3.28. The molecule has 2 atom stereocenters. The first-order chi connectivity index (χ1) is 9.26. The highest BCUT2D eigenvalue weighted by atomic mass is 16.5. The summed E-state index contributed by atoms with van der Waals surface area (Å²) in [6, 6.07) is 7.90. The van der Waals surface area contributed by atoms with Crippen LogP contribution in [-0.4, -0.2) is 24.9 Å². The van der Waals surface area contributed by atoms with Crippen molar-refractivity contribution in [2.24, 2.45) is 5.92 Å². The maximum absolute atomic E-state index is 9.12. The van der Waals surface area contributed by atoms with Crippen LogP contribution in [0.4, 0.5) is 5.69 Å². The Kier molecular flexibility index (Phi) is 4.56. The second-order valence-corrected chi connectivity index (χ2v) is 4.73. The fourth-order valence-electron chi connectivity index (χ4n) is 2.30. The number of anilines is 1. The molecule has 1 aromatic rings. The molecule has 19 heavy (non-hydrogen) atoms. The van der Waals surface area contributed by atoms with Crippen molar-refractivity contribution in [3.05, 3.63) is 41.5 Å². The lowest BCUT2D eigenvalue weighted by Gasteiger charge is -2.17. The second-order valence-electron chi connectivity index (χ2n) is 4.73. The van der Waals surface area contributed by atoms with Crippen LogP contribution in [0.25, 0.3) is 0 Å². The number of benzene rings is 1. The molecule has 0 heterocycles. The minimum atomic E-state index is 0.187. The van der Waals surface area contributed by atoms with Gasteiger partial charge >= 0.3 is 0 Å². The Labute approximate surface area is 113 Å². The van der Waals surface area contributed by atoms with Crippen LogP contribution in [0.5, 0.6) is 0 Å². The fraction of sp³-hybridized carbons (Fsp3) is 0.400. The van der Waals surface area contributed by atoms with Crippen LogP contribution in [0.3, 0.4) is 0 Å². The third-order valence-corrected chi connectivity index (χ3v) is 3.28. The molecule has 0 saturated carbocycles. The monoisotopic (exact) mass is 258 g/mol. The van der Waals surface area contributed by atoms with E-state index < -0.39 is 0 Å². The molecule has 0 radical (unpaired) electrons. The van der Waals surface area contributed by atoms with Gasteiger partial charge in [0.2, 0.25) is 0 Å². The van der Waals surface area contributed by atoms with E-state index in [2.05, 4.69) is 17.5 Å². The van der Waals surface area contributed by atoms with Crippen molar-refractivity contribution in [3.63, 3.8) is 0 Å². The number of nitrogens with one attached hydrogen (secondary N) is 1. The summed E-state index contributed by atoms with van der Waals surface area (Å²) in [5.74, 6) is 0.238. The molecule has 1 aliphatic rings. The molecule has 2 N–H and O–H groups in total. The average molecular weight is 258 g/mol. The van der Waals surface area contributed by atoms with Crippen molar-refractivity contribution < 1.29 is 9.84 Å². The molecular formula is C15H18N2O2. The zero-order chi connectivity index (χ0) is 13.7. The molecule has 0 fully saturated rings. The largest absolute Gasteiger partial charge is 0.396 e. The number of rotatable bonds is 5. The summed E-state index contributed by atoms with van der Waals surface area (Å²) in [6.07, 6.45) is 5.01. The first kappa shape index (κ1) is 13.6. The Bertz CT molecular complexity index is 505. The lowest BCUT2D eigenvalue weighted by molar-refractivity contribution is 0.185. The van der Waals surface area contributed by atoms with Gasteiger partial charge in [-0.2, -0.15) is 5.26 Å². The maximum Gasteiger partial charge on any atom is 0.0991 e. The third kappa shape index (κ3) is 3.34. The van der Waals surface area contributed by atoms with Crippen molar-refractivity contribution in [2.75, 3.05) is 19.0 Å². The van der Waals surface area contributed by atoms with Crippen LogP contribution in [0.1, 0.15) is 17.5 Å². The van der Waals surface area contributed by atoms with E-state index in [-0.39, 0.29) is 18.6 Å². The van der Waals surface area contributed by atoms with Crippen LogP contribution >= 0.6 is 0 Å². The van der Waals surface area contributed by atoms with Gasteiger partial charge in [-0.05, 0) is 24.6 Å². The van der Waals surface area contributed by atoms with Crippen molar-refractivity contribution in [3.8, 4) is 6.07 Å². The summed E-state index contributed by atoms with van der Waals surface area (Å²) in [5, 5.41) is 21.5.